The van der Waals surface area contributed by atoms with E-state index < -0.39 is 0 Å². The molecule has 0 radical (unpaired) electrons. The summed E-state index contributed by atoms with van der Waals surface area (Å²) in [4.78, 5) is 11.5. The SMILES string of the molecule is O=C(CC1CC1)NCCNC1CCCCCC1. The van der Waals surface area contributed by atoms with E-state index in [1.807, 2.05) is 0 Å². The number of rotatable bonds is 6. The van der Waals surface area contributed by atoms with E-state index in [-0.39, 0.29) is 5.91 Å². The zero-order chi connectivity index (χ0) is 11.9. The van der Waals surface area contributed by atoms with Gasteiger partial charge in [-0.15, -0.1) is 0 Å². The van der Waals surface area contributed by atoms with Crippen LogP contribution in [0.4, 0.5) is 0 Å². The molecule has 0 bridgehead atoms. The maximum Gasteiger partial charge on any atom is 0.220 e. The first-order valence-corrected chi connectivity index (χ1v) is 7.34. The first-order valence-electron chi connectivity index (χ1n) is 7.34. The highest BCUT2D eigenvalue weighted by Gasteiger charge is 2.23. The highest BCUT2D eigenvalue weighted by molar-refractivity contribution is 5.76. The maximum absolute atomic E-state index is 11.5. The first kappa shape index (κ1) is 12.9. The van der Waals surface area contributed by atoms with E-state index >= 15 is 0 Å². The van der Waals surface area contributed by atoms with Crippen molar-refractivity contribution in [1.29, 1.82) is 0 Å². The van der Waals surface area contributed by atoms with Crippen LogP contribution < -0.4 is 10.6 Å². The summed E-state index contributed by atoms with van der Waals surface area (Å²) in [6, 6.07) is 0.692. The summed E-state index contributed by atoms with van der Waals surface area (Å²) in [6.45, 7) is 1.73. The van der Waals surface area contributed by atoms with Crippen molar-refractivity contribution in [1.82, 2.24) is 10.6 Å². The van der Waals surface area contributed by atoms with E-state index in [1.54, 1.807) is 0 Å². The summed E-state index contributed by atoms with van der Waals surface area (Å²) in [6.07, 6.45) is 11.4. The van der Waals surface area contributed by atoms with Gasteiger partial charge < -0.3 is 10.6 Å². The van der Waals surface area contributed by atoms with Crippen LogP contribution in [-0.2, 0) is 4.79 Å². The molecule has 0 aromatic heterocycles. The molecule has 3 nitrogen and oxygen atoms in total. The van der Waals surface area contributed by atoms with E-state index in [0.717, 1.165) is 19.5 Å². The van der Waals surface area contributed by atoms with Crippen LogP contribution in [0.25, 0.3) is 0 Å². The predicted molar refractivity (Wildman–Crippen MR) is 69.8 cm³/mol. The van der Waals surface area contributed by atoms with E-state index in [1.165, 1.54) is 51.4 Å². The van der Waals surface area contributed by atoms with Gasteiger partial charge in [0.1, 0.15) is 0 Å². The lowest BCUT2D eigenvalue weighted by molar-refractivity contribution is -0.121. The normalized spacial score (nSPS) is 22.1. The maximum atomic E-state index is 11.5. The fourth-order valence-corrected chi connectivity index (χ4v) is 2.62. The van der Waals surface area contributed by atoms with Gasteiger partial charge in [-0.05, 0) is 31.6 Å². The summed E-state index contributed by atoms with van der Waals surface area (Å²) >= 11 is 0. The molecule has 0 aromatic carbocycles. The summed E-state index contributed by atoms with van der Waals surface area (Å²) in [5.41, 5.74) is 0. The Morgan fingerprint density at radius 2 is 1.65 bits per heavy atom. The van der Waals surface area contributed by atoms with Crippen LogP contribution in [0.5, 0.6) is 0 Å². The van der Waals surface area contributed by atoms with Crippen molar-refractivity contribution in [3.8, 4) is 0 Å². The fraction of sp³-hybridized carbons (Fsp3) is 0.929. The number of carbonyl (C=O) groups excluding carboxylic acids is 1. The number of nitrogens with one attached hydrogen (secondary N) is 2. The molecule has 0 heterocycles. The molecule has 0 spiro atoms. The van der Waals surface area contributed by atoms with Crippen molar-refractivity contribution in [3.05, 3.63) is 0 Å². The van der Waals surface area contributed by atoms with Crippen LogP contribution >= 0.6 is 0 Å². The van der Waals surface area contributed by atoms with E-state index in [2.05, 4.69) is 10.6 Å². The molecule has 3 heteroatoms. The Bertz CT molecular complexity index is 230. The van der Waals surface area contributed by atoms with Crippen molar-refractivity contribution in [2.45, 2.75) is 63.8 Å². The van der Waals surface area contributed by atoms with Crippen LogP contribution in [0.15, 0.2) is 0 Å². The third-order valence-electron chi connectivity index (χ3n) is 3.91. The highest BCUT2D eigenvalue weighted by Crippen LogP contribution is 2.31. The molecule has 0 aliphatic heterocycles. The molecule has 2 rings (SSSR count). The van der Waals surface area contributed by atoms with Crippen molar-refractivity contribution >= 4 is 5.91 Å². The van der Waals surface area contributed by atoms with Crippen LogP contribution in [-0.4, -0.2) is 25.0 Å². The average Bonchev–Trinajstić information content (AvgIpc) is 3.11. The third-order valence-corrected chi connectivity index (χ3v) is 3.91. The zero-order valence-corrected chi connectivity index (χ0v) is 10.8. The van der Waals surface area contributed by atoms with Gasteiger partial charge >= 0.3 is 0 Å². The van der Waals surface area contributed by atoms with Gasteiger partial charge in [-0.1, -0.05) is 25.7 Å². The predicted octanol–water partition coefficient (Wildman–Crippen LogP) is 2.22. The van der Waals surface area contributed by atoms with Crippen LogP contribution in [0.2, 0.25) is 0 Å². The number of carbonyl (C=O) groups is 1. The molecule has 0 aromatic rings. The fourth-order valence-electron chi connectivity index (χ4n) is 2.62. The van der Waals surface area contributed by atoms with Crippen molar-refractivity contribution in [2.75, 3.05) is 13.1 Å². The second kappa shape index (κ2) is 7.00. The van der Waals surface area contributed by atoms with Crippen LogP contribution in [0.1, 0.15) is 57.8 Å². The number of hydrogen-bond donors (Lipinski definition) is 2. The Labute approximate surface area is 105 Å². The van der Waals surface area contributed by atoms with E-state index in [9.17, 15) is 4.79 Å². The second-order valence-corrected chi connectivity index (χ2v) is 5.64. The molecule has 2 N–H and O–H groups in total. The Morgan fingerprint density at radius 3 is 2.29 bits per heavy atom. The topological polar surface area (TPSA) is 41.1 Å². The van der Waals surface area contributed by atoms with E-state index in [0.29, 0.717) is 12.0 Å². The van der Waals surface area contributed by atoms with Gasteiger partial charge in [-0.2, -0.15) is 0 Å². The lowest BCUT2D eigenvalue weighted by atomic mass is 10.1. The molecular formula is C14H26N2O. The molecule has 98 valence electrons. The van der Waals surface area contributed by atoms with Crippen molar-refractivity contribution < 1.29 is 4.79 Å². The Balaban J connectivity index is 1.48. The van der Waals surface area contributed by atoms with Gasteiger partial charge in [0.2, 0.25) is 5.91 Å². The molecule has 1 amide bonds. The minimum absolute atomic E-state index is 0.246. The quantitative estimate of drug-likeness (QED) is 0.550. The molecule has 2 aliphatic carbocycles. The molecule has 0 saturated heterocycles. The third kappa shape index (κ3) is 5.53. The lowest BCUT2D eigenvalue weighted by Gasteiger charge is -2.16. The standard InChI is InChI=1S/C14H26N2O/c17-14(11-12-7-8-12)16-10-9-15-13-5-3-1-2-4-6-13/h12-13,15H,1-11H2,(H,16,17). The summed E-state index contributed by atoms with van der Waals surface area (Å²) in [5.74, 6) is 0.944. The van der Waals surface area contributed by atoms with Gasteiger partial charge in [0, 0.05) is 25.6 Å². The molecule has 17 heavy (non-hydrogen) atoms. The Kier molecular flexibility index (Phi) is 5.30. The zero-order valence-electron chi connectivity index (χ0n) is 10.8. The molecular weight excluding hydrogens is 212 g/mol. The minimum atomic E-state index is 0.246. The van der Waals surface area contributed by atoms with Gasteiger partial charge in [0.05, 0.1) is 0 Å². The average molecular weight is 238 g/mol. The largest absolute Gasteiger partial charge is 0.355 e. The number of amides is 1. The van der Waals surface area contributed by atoms with Gasteiger partial charge in [-0.3, -0.25) is 4.79 Å². The summed E-state index contributed by atoms with van der Waals surface area (Å²) < 4.78 is 0. The molecule has 0 atom stereocenters. The summed E-state index contributed by atoms with van der Waals surface area (Å²) in [5, 5.41) is 6.58. The van der Waals surface area contributed by atoms with Crippen LogP contribution in [0.3, 0.4) is 0 Å². The molecule has 2 saturated carbocycles. The van der Waals surface area contributed by atoms with Gasteiger partial charge in [0.15, 0.2) is 0 Å². The van der Waals surface area contributed by atoms with Gasteiger partial charge in [-0.25, -0.2) is 0 Å². The summed E-state index contributed by atoms with van der Waals surface area (Å²) in [7, 11) is 0. The monoisotopic (exact) mass is 238 g/mol. The van der Waals surface area contributed by atoms with Crippen molar-refractivity contribution in [3.63, 3.8) is 0 Å². The smallest absolute Gasteiger partial charge is 0.220 e. The second-order valence-electron chi connectivity index (χ2n) is 5.64. The molecule has 0 unspecified atom stereocenters. The van der Waals surface area contributed by atoms with Gasteiger partial charge in [0.25, 0.3) is 0 Å². The highest BCUT2D eigenvalue weighted by atomic mass is 16.1. The van der Waals surface area contributed by atoms with Crippen LogP contribution in [0, 0.1) is 5.92 Å². The molecule has 2 fully saturated rings. The van der Waals surface area contributed by atoms with E-state index in [4.69, 9.17) is 0 Å². The first-order chi connectivity index (χ1) is 8.34. The Morgan fingerprint density at radius 1 is 0.941 bits per heavy atom. The van der Waals surface area contributed by atoms with Crippen molar-refractivity contribution in [2.24, 2.45) is 5.92 Å². The number of hydrogen-bond acceptors (Lipinski definition) is 2. The minimum Gasteiger partial charge on any atom is -0.355 e. The molecule has 2 aliphatic rings. The Hall–Kier alpha value is -0.570. The lowest BCUT2D eigenvalue weighted by Crippen LogP contribution is -2.36.